The van der Waals surface area contributed by atoms with Gasteiger partial charge in [0.25, 0.3) is 0 Å². The van der Waals surface area contributed by atoms with Gasteiger partial charge in [0.1, 0.15) is 0 Å². The Kier molecular flexibility index (Phi) is 4.76. The van der Waals surface area contributed by atoms with Crippen LogP contribution in [0.5, 0.6) is 0 Å². The SMILES string of the molecule is CCC(N)C(c1ccsc1)N1CCC(N2CCCC2)C1. The van der Waals surface area contributed by atoms with Gasteiger partial charge in [0.05, 0.1) is 6.04 Å². The zero-order valence-corrected chi connectivity index (χ0v) is 13.3. The van der Waals surface area contributed by atoms with Gasteiger partial charge in [0.2, 0.25) is 0 Å². The lowest BCUT2D eigenvalue weighted by molar-refractivity contribution is 0.180. The third kappa shape index (κ3) is 2.93. The van der Waals surface area contributed by atoms with Crippen LogP contribution in [0.15, 0.2) is 16.8 Å². The maximum atomic E-state index is 6.44. The van der Waals surface area contributed by atoms with Crippen LogP contribution >= 0.6 is 11.3 Å². The fraction of sp³-hybridized carbons (Fsp3) is 0.750. The van der Waals surface area contributed by atoms with Gasteiger partial charge in [-0.25, -0.2) is 0 Å². The van der Waals surface area contributed by atoms with Crippen molar-refractivity contribution in [3.8, 4) is 0 Å². The van der Waals surface area contributed by atoms with Crippen molar-refractivity contribution in [2.75, 3.05) is 26.2 Å². The Hall–Kier alpha value is -0.420. The highest BCUT2D eigenvalue weighted by Crippen LogP contribution is 2.32. The Morgan fingerprint density at radius 1 is 1.35 bits per heavy atom. The summed E-state index contributed by atoms with van der Waals surface area (Å²) in [6.07, 6.45) is 5.14. The molecule has 0 radical (unpaired) electrons. The molecule has 0 spiro atoms. The summed E-state index contributed by atoms with van der Waals surface area (Å²) >= 11 is 1.79. The Balaban J connectivity index is 1.69. The molecule has 4 heteroatoms. The molecule has 3 nitrogen and oxygen atoms in total. The molecule has 0 amide bonds. The molecule has 0 aromatic carbocycles. The van der Waals surface area contributed by atoms with Gasteiger partial charge in [-0.3, -0.25) is 9.80 Å². The molecule has 3 unspecified atom stereocenters. The average Bonchev–Trinajstić information content (AvgIpc) is 3.20. The first kappa shape index (κ1) is 14.5. The number of likely N-dealkylation sites (tertiary alicyclic amines) is 2. The van der Waals surface area contributed by atoms with E-state index in [9.17, 15) is 0 Å². The molecule has 3 rings (SSSR count). The summed E-state index contributed by atoms with van der Waals surface area (Å²) in [5, 5.41) is 4.46. The first-order chi connectivity index (χ1) is 9.79. The van der Waals surface area contributed by atoms with E-state index in [1.165, 1.54) is 51.0 Å². The summed E-state index contributed by atoms with van der Waals surface area (Å²) in [6, 6.07) is 3.69. The molecule has 0 saturated carbocycles. The maximum Gasteiger partial charge on any atom is 0.0507 e. The minimum atomic E-state index is 0.252. The van der Waals surface area contributed by atoms with Crippen molar-refractivity contribution in [3.05, 3.63) is 22.4 Å². The molecule has 1 aromatic rings. The first-order valence-corrected chi connectivity index (χ1v) is 8.99. The van der Waals surface area contributed by atoms with Gasteiger partial charge >= 0.3 is 0 Å². The molecule has 1 aromatic heterocycles. The average molecular weight is 293 g/mol. The molecular weight excluding hydrogens is 266 g/mol. The molecule has 2 saturated heterocycles. The molecular formula is C16H27N3S. The van der Waals surface area contributed by atoms with Gasteiger partial charge in [-0.05, 0) is 61.2 Å². The highest BCUT2D eigenvalue weighted by molar-refractivity contribution is 7.07. The van der Waals surface area contributed by atoms with Crippen molar-refractivity contribution in [2.24, 2.45) is 5.73 Å². The van der Waals surface area contributed by atoms with Crippen LogP contribution in [0, 0.1) is 0 Å². The second-order valence-electron chi connectivity index (χ2n) is 6.25. The monoisotopic (exact) mass is 293 g/mol. The molecule has 0 bridgehead atoms. The number of rotatable bonds is 5. The zero-order chi connectivity index (χ0) is 13.9. The van der Waals surface area contributed by atoms with Crippen LogP contribution < -0.4 is 5.73 Å². The number of hydrogen-bond acceptors (Lipinski definition) is 4. The minimum Gasteiger partial charge on any atom is -0.326 e. The molecule has 2 fully saturated rings. The van der Waals surface area contributed by atoms with Crippen LogP contribution in [0.2, 0.25) is 0 Å². The highest BCUT2D eigenvalue weighted by Gasteiger charge is 2.35. The van der Waals surface area contributed by atoms with Crippen LogP contribution in [0.3, 0.4) is 0 Å². The minimum absolute atomic E-state index is 0.252. The standard InChI is InChI=1S/C16H27N3S/c1-2-15(17)16(13-6-10-20-12-13)19-9-5-14(11-19)18-7-3-4-8-18/h6,10,12,14-16H,2-5,7-9,11,17H2,1H3. The first-order valence-electron chi connectivity index (χ1n) is 8.05. The normalized spacial score (nSPS) is 28.0. The fourth-order valence-corrected chi connectivity index (χ4v) is 4.51. The van der Waals surface area contributed by atoms with Crippen molar-refractivity contribution in [3.63, 3.8) is 0 Å². The van der Waals surface area contributed by atoms with Crippen molar-refractivity contribution < 1.29 is 0 Å². The van der Waals surface area contributed by atoms with E-state index in [0.29, 0.717) is 6.04 Å². The van der Waals surface area contributed by atoms with E-state index in [0.717, 1.165) is 12.5 Å². The number of nitrogens with two attached hydrogens (primary N) is 1. The lowest BCUT2D eigenvalue weighted by Gasteiger charge is -2.33. The maximum absolute atomic E-state index is 6.44. The van der Waals surface area contributed by atoms with E-state index in [-0.39, 0.29) is 6.04 Å². The number of hydrogen-bond donors (Lipinski definition) is 1. The van der Waals surface area contributed by atoms with Gasteiger partial charge in [0.15, 0.2) is 0 Å². The lowest BCUT2D eigenvalue weighted by Crippen LogP contribution is -2.42. The van der Waals surface area contributed by atoms with Crippen LogP contribution in [0.1, 0.15) is 44.2 Å². The Morgan fingerprint density at radius 2 is 2.15 bits per heavy atom. The van der Waals surface area contributed by atoms with Crippen molar-refractivity contribution in [1.82, 2.24) is 9.80 Å². The summed E-state index contributed by atoms with van der Waals surface area (Å²) in [4.78, 5) is 5.33. The van der Waals surface area contributed by atoms with Crippen molar-refractivity contribution in [2.45, 2.75) is 50.7 Å². The van der Waals surface area contributed by atoms with Gasteiger partial charge in [-0.1, -0.05) is 6.92 Å². The van der Waals surface area contributed by atoms with Gasteiger partial charge < -0.3 is 5.73 Å². The zero-order valence-electron chi connectivity index (χ0n) is 12.5. The Morgan fingerprint density at radius 3 is 2.80 bits per heavy atom. The highest BCUT2D eigenvalue weighted by atomic mass is 32.1. The van der Waals surface area contributed by atoms with E-state index in [1.54, 1.807) is 11.3 Å². The molecule has 2 N–H and O–H groups in total. The van der Waals surface area contributed by atoms with E-state index < -0.39 is 0 Å². The van der Waals surface area contributed by atoms with Crippen LogP contribution in [-0.2, 0) is 0 Å². The smallest absolute Gasteiger partial charge is 0.0507 e. The van der Waals surface area contributed by atoms with Gasteiger partial charge in [-0.2, -0.15) is 11.3 Å². The largest absolute Gasteiger partial charge is 0.326 e. The second kappa shape index (κ2) is 6.56. The van der Waals surface area contributed by atoms with Gasteiger partial charge in [-0.15, -0.1) is 0 Å². The predicted molar refractivity (Wildman–Crippen MR) is 86.1 cm³/mol. The third-order valence-electron chi connectivity index (χ3n) is 5.01. The second-order valence-corrected chi connectivity index (χ2v) is 7.03. The van der Waals surface area contributed by atoms with Crippen molar-refractivity contribution >= 4 is 11.3 Å². The summed E-state index contributed by atoms with van der Waals surface area (Å²) in [5.41, 5.74) is 7.86. The fourth-order valence-electron chi connectivity index (χ4n) is 3.82. The van der Waals surface area contributed by atoms with Crippen LogP contribution in [-0.4, -0.2) is 48.1 Å². The third-order valence-corrected chi connectivity index (χ3v) is 5.71. The molecule has 2 aliphatic rings. The van der Waals surface area contributed by atoms with Crippen LogP contribution in [0.25, 0.3) is 0 Å². The van der Waals surface area contributed by atoms with Crippen molar-refractivity contribution in [1.29, 1.82) is 0 Å². The summed E-state index contributed by atoms with van der Waals surface area (Å²) in [6.45, 7) is 7.23. The van der Waals surface area contributed by atoms with E-state index in [2.05, 4.69) is 33.6 Å². The number of nitrogens with zero attached hydrogens (tertiary/aromatic N) is 2. The summed E-state index contributed by atoms with van der Waals surface area (Å²) in [5.74, 6) is 0. The Bertz CT molecular complexity index is 400. The molecule has 3 atom stereocenters. The molecule has 20 heavy (non-hydrogen) atoms. The Labute approximate surface area is 126 Å². The van der Waals surface area contributed by atoms with Crippen LogP contribution in [0.4, 0.5) is 0 Å². The molecule has 0 aliphatic carbocycles. The molecule has 3 heterocycles. The summed E-state index contributed by atoms with van der Waals surface area (Å²) in [7, 11) is 0. The topological polar surface area (TPSA) is 32.5 Å². The van der Waals surface area contributed by atoms with E-state index in [4.69, 9.17) is 5.73 Å². The van der Waals surface area contributed by atoms with E-state index >= 15 is 0 Å². The van der Waals surface area contributed by atoms with E-state index in [1.807, 2.05) is 0 Å². The quantitative estimate of drug-likeness (QED) is 0.906. The van der Waals surface area contributed by atoms with Gasteiger partial charge in [0, 0.05) is 25.2 Å². The number of thiophene rings is 1. The molecule has 2 aliphatic heterocycles. The lowest BCUT2D eigenvalue weighted by atomic mass is 9.99. The summed E-state index contributed by atoms with van der Waals surface area (Å²) < 4.78 is 0. The predicted octanol–water partition coefficient (Wildman–Crippen LogP) is 2.70. The molecule has 112 valence electrons.